The molecular formula is C21H34FN5O6S. The number of urea groups is 1. The van der Waals surface area contributed by atoms with Gasteiger partial charge in [0.25, 0.3) is 0 Å². The summed E-state index contributed by atoms with van der Waals surface area (Å²) >= 11 is 0. The molecule has 3 aliphatic heterocycles. The third-order valence-electron chi connectivity index (χ3n) is 7.78. The molecule has 3 amide bonds. The van der Waals surface area contributed by atoms with Gasteiger partial charge in [-0.3, -0.25) is 19.8 Å². The Bertz CT molecular complexity index is 911. The number of ether oxygens (including phenoxy) is 1. The first kappa shape index (κ1) is 24.3. The predicted molar refractivity (Wildman–Crippen MR) is 119 cm³/mol. The van der Waals surface area contributed by atoms with E-state index in [0.717, 1.165) is 0 Å². The fraction of sp³-hybridized carbons (Fsp3) is 0.905. The number of halogens is 1. The lowest BCUT2D eigenvalue weighted by atomic mass is 9.80. The van der Waals surface area contributed by atoms with Gasteiger partial charge in [0.15, 0.2) is 0 Å². The number of fused-ring (bicyclic) bond motifs is 1. The minimum atomic E-state index is -3.80. The van der Waals surface area contributed by atoms with E-state index in [2.05, 4.69) is 15.5 Å². The number of hydroxylamine groups is 1. The predicted octanol–water partition coefficient (Wildman–Crippen LogP) is -0.163. The van der Waals surface area contributed by atoms with Gasteiger partial charge in [-0.15, -0.1) is 0 Å². The maximum absolute atomic E-state index is 13.5. The van der Waals surface area contributed by atoms with Crippen LogP contribution in [-0.4, -0.2) is 98.3 Å². The summed E-state index contributed by atoms with van der Waals surface area (Å²) in [5.41, 5.74) is 1.89. The van der Waals surface area contributed by atoms with Crippen LogP contribution in [0.15, 0.2) is 0 Å². The van der Waals surface area contributed by atoms with Gasteiger partial charge >= 0.3 is 6.03 Å². The van der Waals surface area contributed by atoms with Crippen LogP contribution in [0.1, 0.15) is 45.4 Å². The molecule has 5 rings (SSSR count). The van der Waals surface area contributed by atoms with Crippen LogP contribution in [0.4, 0.5) is 9.18 Å². The van der Waals surface area contributed by atoms with Gasteiger partial charge < -0.3 is 9.64 Å². The minimum Gasteiger partial charge on any atom is -0.365 e. The number of imide groups is 1. The summed E-state index contributed by atoms with van der Waals surface area (Å²) in [7, 11) is -3.80. The number of sulfonamides is 1. The first-order valence-corrected chi connectivity index (χ1v) is 13.7. The normalized spacial score (nSPS) is 37.8. The lowest BCUT2D eigenvalue weighted by Gasteiger charge is -2.49. The molecule has 3 N–H and O–H groups in total. The number of alkyl halides is 1. The Balaban J connectivity index is 1.35. The highest BCUT2D eigenvalue weighted by molar-refractivity contribution is 7.90. The van der Waals surface area contributed by atoms with E-state index in [0.29, 0.717) is 52.0 Å². The molecule has 3 saturated heterocycles. The minimum absolute atomic E-state index is 0.0496. The number of carbonyl (C=O) groups excluding carboxylic acids is 2. The maximum atomic E-state index is 13.5. The van der Waals surface area contributed by atoms with E-state index < -0.39 is 33.4 Å². The Kier molecular flexibility index (Phi) is 6.61. The van der Waals surface area contributed by atoms with Crippen LogP contribution in [0.25, 0.3) is 0 Å². The number of carbonyl (C=O) groups is 2. The molecule has 5 aliphatic rings. The van der Waals surface area contributed by atoms with E-state index >= 15 is 0 Å². The van der Waals surface area contributed by atoms with Gasteiger partial charge in [-0.25, -0.2) is 22.3 Å². The molecule has 6 atom stereocenters. The summed E-state index contributed by atoms with van der Waals surface area (Å²) in [4.78, 5) is 35.5. The van der Waals surface area contributed by atoms with Crippen LogP contribution in [0.2, 0.25) is 0 Å². The Morgan fingerprint density at radius 3 is 2.62 bits per heavy atom. The van der Waals surface area contributed by atoms with Crippen molar-refractivity contribution in [1.82, 2.24) is 25.3 Å². The second-order valence-corrected chi connectivity index (χ2v) is 12.4. The molecule has 192 valence electrons. The van der Waals surface area contributed by atoms with Crippen LogP contribution < -0.4 is 15.5 Å². The van der Waals surface area contributed by atoms with E-state index in [1.807, 2.05) is 6.92 Å². The molecule has 2 aliphatic carbocycles. The molecule has 34 heavy (non-hydrogen) atoms. The summed E-state index contributed by atoms with van der Waals surface area (Å²) in [6.45, 7) is 2.60. The summed E-state index contributed by atoms with van der Waals surface area (Å²) < 4.78 is 47.4. The van der Waals surface area contributed by atoms with Gasteiger partial charge in [-0.2, -0.15) is 5.48 Å². The number of hydrogen-bond acceptors (Lipinski definition) is 8. The quantitative estimate of drug-likeness (QED) is 0.417. The van der Waals surface area contributed by atoms with Crippen LogP contribution in [-0.2, 0) is 24.4 Å². The summed E-state index contributed by atoms with van der Waals surface area (Å²) in [6, 6.07) is -0.671. The second kappa shape index (κ2) is 9.25. The van der Waals surface area contributed by atoms with Crippen molar-refractivity contribution in [1.29, 1.82) is 0 Å². The van der Waals surface area contributed by atoms with E-state index in [1.165, 1.54) is 4.90 Å². The molecule has 11 nitrogen and oxygen atoms in total. The Morgan fingerprint density at radius 2 is 2.00 bits per heavy atom. The van der Waals surface area contributed by atoms with Crippen molar-refractivity contribution < 1.29 is 32.0 Å². The third-order valence-corrected chi connectivity index (χ3v) is 9.80. The third kappa shape index (κ3) is 4.70. The smallest absolute Gasteiger partial charge is 0.327 e. The van der Waals surface area contributed by atoms with E-state index in [9.17, 15) is 22.4 Å². The molecule has 6 unspecified atom stereocenters. The fourth-order valence-corrected chi connectivity index (χ4v) is 7.55. The Morgan fingerprint density at radius 1 is 1.21 bits per heavy atom. The van der Waals surface area contributed by atoms with Gasteiger partial charge in [-0.05, 0) is 45.4 Å². The molecule has 0 aromatic heterocycles. The summed E-state index contributed by atoms with van der Waals surface area (Å²) in [5, 5.41) is 2.41. The van der Waals surface area contributed by atoms with Crippen molar-refractivity contribution in [3.05, 3.63) is 0 Å². The van der Waals surface area contributed by atoms with E-state index in [-0.39, 0.29) is 49.1 Å². The molecule has 0 aromatic carbocycles. The van der Waals surface area contributed by atoms with Gasteiger partial charge in [0.05, 0.1) is 48.7 Å². The van der Waals surface area contributed by atoms with Crippen molar-refractivity contribution in [2.45, 2.75) is 80.5 Å². The highest BCUT2D eigenvalue weighted by Crippen LogP contribution is 2.41. The molecule has 3 heterocycles. The average molecular weight is 504 g/mol. The van der Waals surface area contributed by atoms with Gasteiger partial charge in [0.1, 0.15) is 6.67 Å². The Hall–Kier alpha value is -1.38. The first-order chi connectivity index (χ1) is 16.2. The van der Waals surface area contributed by atoms with Crippen molar-refractivity contribution >= 4 is 22.0 Å². The highest BCUT2D eigenvalue weighted by Gasteiger charge is 2.53. The number of rotatable bonds is 8. The van der Waals surface area contributed by atoms with Gasteiger partial charge in [0, 0.05) is 18.6 Å². The summed E-state index contributed by atoms with van der Waals surface area (Å²) in [5.74, 6) is -0.987. The average Bonchev–Trinajstić information content (AvgIpc) is 3.17. The number of amides is 3. The number of nitrogens with zero attached hydrogens (tertiary/aromatic N) is 2. The first-order valence-electron chi connectivity index (χ1n) is 12.1. The molecule has 0 radical (unpaired) electrons. The van der Waals surface area contributed by atoms with Crippen molar-refractivity contribution in [2.24, 2.45) is 5.92 Å². The highest BCUT2D eigenvalue weighted by atomic mass is 32.2. The van der Waals surface area contributed by atoms with Crippen molar-refractivity contribution in [3.63, 3.8) is 0 Å². The zero-order chi connectivity index (χ0) is 24.1. The fourth-order valence-electron chi connectivity index (χ4n) is 5.62. The monoisotopic (exact) mass is 503 g/mol. The topological polar surface area (TPSA) is 129 Å². The molecule has 2 saturated carbocycles. The van der Waals surface area contributed by atoms with Gasteiger partial charge in [-0.1, -0.05) is 0 Å². The largest absolute Gasteiger partial charge is 0.365 e. The van der Waals surface area contributed by atoms with Crippen LogP contribution in [0, 0.1) is 5.92 Å². The maximum Gasteiger partial charge on any atom is 0.327 e. The molecule has 0 spiro atoms. The lowest BCUT2D eigenvalue weighted by Crippen LogP contribution is -2.66. The van der Waals surface area contributed by atoms with Crippen LogP contribution in [0.5, 0.6) is 0 Å². The summed E-state index contributed by atoms with van der Waals surface area (Å²) in [6.07, 6.45) is 2.14. The number of nitrogens with one attached hydrogen (secondary N) is 3. The molecule has 0 aromatic rings. The van der Waals surface area contributed by atoms with Crippen LogP contribution in [0.3, 0.4) is 0 Å². The standard InChI is InChI=1S/C21H34FN5O6S/c1-13-6-15(33-24-13)9-27-19(28)17-7-16(34(30,31)25-21(11-22)4-5-21)2-3-18(17)26(20(27)29)8-14-10-32-12-23-14/h13-18,23-25H,2-12H2,1H3. The SMILES string of the molecule is CC1CC(CN2C(=O)C3CC(S(=O)(=O)NC4(CF)CC4)CCC3N(CC3COCN3)C2=O)ON1. The molecular weight excluding hydrogens is 469 g/mol. The van der Waals surface area contributed by atoms with E-state index in [4.69, 9.17) is 9.57 Å². The van der Waals surface area contributed by atoms with E-state index in [1.54, 1.807) is 4.90 Å². The Labute approximate surface area is 199 Å². The molecule has 13 heteroatoms. The van der Waals surface area contributed by atoms with Gasteiger partial charge in [0.2, 0.25) is 15.9 Å². The van der Waals surface area contributed by atoms with Crippen molar-refractivity contribution in [3.8, 4) is 0 Å². The molecule has 0 bridgehead atoms. The molecule has 5 fully saturated rings. The lowest BCUT2D eigenvalue weighted by molar-refractivity contribution is -0.142. The zero-order valence-electron chi connectivity index (χ0n) is 19.4. The zero-order valence-corrected chi connectivity index (χ0v) is 20.2. The number of hydrogen-bond donors (Lipinski definition) is 3. The van der Waals surface area contributed by atoms with Crippen molar-refractivity contribution in [2.75, 3.05) is 33.1 Å². The second-order valence-electron chi connectivity index (χ2n) is 10.5. The van der Waals surface area contributed by atoms with Crippen LogP contribution >= 0.6 is 0 Å².